The van der Waals surface area contributed by atoms with Crippen molar-refractivity contribution in [2.75, 3.05) is 24.7 Å². The van der Waals surface area contributed by atoms with Crippen LogP contribution in [0.15, 0.2) is 72.8 Å². The predicted molar refractivity (Wildman–Crippen MR) is 198 cm³/mol. The number of thiol groups is 2. The summed E-state index contributed by atoms with van der Waals surface area (Å²) in [6.45, 7) is 2.37. The predicted octanol–water partition coefficient (Wildman–Crippen LogP) is 9.89. The highest BCUT2D eigenvalue weighted by molar-refractivity contribution is 7.80. The fraction of sp³-hybridized carbons (Fsp3) is 0.350. The minimum Gasteiger partial charge on any atom is -0.493 e. The summed E-state index contributed by atoms with van der Waals surface area (Å²) >= 11 is 8.79. The summed E-state index contributed by atoms with van der Waals surface area (Å²) in [6, 6.07) is 24.7. The van der Waals surface area contributed by atoms with Gasteiger partial charge in [0.25, 0.3) is 0 Å². The molecule has 2 aliphatic rings. The number of hydrogen-bond acceptors (Lipinski definition) is 8. The maximum absolute atomic E-state index is 6.71. The maximum Gasteiger partial charge on any atom is 0.162 e. The van der Waals surface area contributed by atoms with Crippen LogP contribution in [0.3, 0.4) is 0 Å². The number of benzene rings is 5. The van der Waals surface area contributed by atoms with Crippen LogP contribution in [0.2, 0.25) is 0 Å². The smallest absolute Gasteiger partial charge is 0.162 e. The number of fused-ring (bicyclic) bond motifs is 6. The van der Waals surface area contributed by atoms with Crippen LogP contribution in [-0.4, -0.2) is 24.7 Å². The molecule has 0 amide bonds. The van der Waals surface area contributed by atoms with Gasteiger partial charge in [-0.2, -0.15) is 25.3 Å². The van der Waals surface area contributed by atoms with E-state index in [1.165, 1.54) is 0 Å². The lowest BCUT2D eigenvalue weighted by atomic mass is 9.95. The number of hydrogen-bond donors (Lipinski definition) is 2. The summed E-state index contributed by atoms with van der Waals surface area (Å²) in [5.74, 6) is 6.11. The Morgan fingerprint density at radius 3 is 1.04 bits per heavy atom. The monoisotopic (exact) mass is 682 g/mol. The van der Waals surface area contributed by atoms with Gasteiger partial charge in [0.05, 0.1) is 13.2 Å². The molecule has 5 aromatic rings. The topological polar surface area (TPSA) is 55.4 Å². The highest BCUT2D eigenvalue weighted by Gasteiger charge is 2.31. The van der Waals surface area contributed by atoms with Crippen molar-refractivity contribution >= 4 is 46.8 Å². The van der Waals surface area contributed by atoms with E-state index in [0.29, 0.717) is 62.6 Å². The van der Waals surface area contributed by atoms with Gasteiger partial charge < -0.3 is 28.4 Å². The maximum atomic E-state index is 6.71. The Morgan fingerprint density at radius 2 is 0.750 bits per heavy atom. The molecule has 6 nitrogen and oxygen atoms in total. The second-order valence-electron chi connectivity index (χ2n) is 12.3. The molecular formula is C40H42O6S2. The normalized spacial score (nSPS) is 13.5. The third-order valence-electron chi connectivity index (χ3n) is 9.03. The Morgan fingerprint density at radius 1 is 0.438 bits per heavy atom. The molecule has 0 N–H and O–H groups in total. The summed E-state index contributed by atoms with van der Waals surface area (Å²) in [5.41, 5.74) is 3.70. The second kappa shape index (κ2) is 15.6. The minimum absolute atomic E-state index is 0.307. The summed E-state index contributed by atoms with van der Waals surface area (Å²) in [4.78, 5) is 0. The van der Waals surface area contributed by atoms with E-state index in [1.807, 2.05) is 24.3 Å². The van der Waals surface area contributed by atoms with Gasteiger partial charge in [-0.3, -0.25) is 0 Å². The second-order valence-corrected chi connectivity index (χ2v) is 13.2. The van der Waals surface area contributed by atoms with Gasteiger partial charge in [0, 0.05) is 22.3 Å². The molecule has 0 radical (unpaired) electrons. The van der Waals surface area contributed by atoms with Gasteiger partial charge in [0.15, 0.2) is 23.0 Å². The van der Waals surface area contributed by atoms with Crippen molar-refractivity contribution in [3.8, 4) is 34.5 Å². The van der Waals surface area contributed by atoms with Crippen molar-refractivity contribution in [1.82, 2.24) is 0 Å². The summed E-state index contributed by atoms with van der Waals surface area (Å²) in [6.07, 6.45) is 6.03. The number of unbranched alkanes of at least 4 members (excludes halogenated alkanes) is 4. The summed E-state index contributed by atoms with van der Waals surface area (Å²) in [7, 11) is 0. The average molecular weight is 683 g/mol. The van der Waals surface area contributed by atoms with Gasteiger partial charge in [0.2, 0.25) is 0 Å². The van der Waals surface area contributed by atoms with E-state index >= 15 is 0 Å². The van der Waals surface area contributed by atoms with Crippen molar-refractivity contribution in [3.63, 3.8) is 0 Å². The molecule has 8 heteroatoms. The van der Waals surface area contributed by atoms with E-state index in [0.717, 1.165) is 105 Å². The zero-order valence-corrected chi connectivity index (χ0v) is 29.0. The van der Waals surface area contributed by atoms with Gasteiger partial charge in [-0.1, -0.05) is 48.5 Å². The van der Waals surface area contributed by atoms with Crippen molar-refractivity contribution in [2.24, 2.45) is 0 Å². The van der Waals surface area contributed by atoms with E-state index in [1.54, 1.807) is 0 Å². The Bertz CT molecular complexity index is 1640. The van der Waals surface area contributed by atoms with E-state index in [2.05, 4.69) is 73.8 Å². The molecule has 0 fully saturated rings. The number of ether oxygens (including phenoxy) is 6. The molecule has 0 atom stereocenters. The van der Waals surface area contributed by atoms with Crippen molar-refractivity contribution in [3.05, 3.63) is 95.1 Å². The third-order valence-corrected chi connectivity index (χ3v) is 9.67. The van der Waals surface area contributed by atoms with E-state index < -0.39 is 0 Å². The molecule has 2 heterocycles. The van der Waals surface area contributed by atoms with Gasteiger partial charge in [-0.05, 0) is 95.8 Å². The fourth-order valence-electron chi connectivity index (χ4n) is 6.45. The Labute approximate surface area is 293 Å². The molecule has 0 saturated heterocycles. The molecule has 0 bridgehead atoms. The molecule has 0 unspecified atom stereocenters. The highest BCUT2D eigenvalue weighted by Crippen LogP contribution is 2.46. The lowest BCUT2D eigenvalue weighted by molar-refractivity contribution is 0.202. The van der Waals surface area contributed by atoms with Crippen molar-refractivity contribution in [1.29, 1.82) is 0 Å². The van der Waals surface area contributed by atoms with E-state index in [-0.39, 0.29) is 0 Å². The first-order valence-electron chi connectivity index (χ1n) is 17.0. The van der Waals surface area contributed by atoms with Crippen LogP contribution in [0.25, 0.3) is 21.5 Å². The molecule has 7 rings (SSSR count). The van der Waals surface area contributed by atoms with Gasteiger partial charge in [-0.25, -0.2) is 0 Å². The fourth-order valence-corrected chi connectivity index (χ4v) is 6.90. The molecular weight excluding hydrogens is 641 g/mol. The average Bonchev–Trinajstić information content (AvgIpc) is 3.09. The third kappa shape index (κ3) is 7.10. The van der Waals surface area contributed by atoms with Crippen LogP contribution in [0.5, 0.6) is 34.5 Å². The van der Waals surface area contributed by atoms with Crippen molar-refractivity contribution in [2.45, 2.75) is 65.0 Å². The summed E-state index contributed by atoms with van der Waals surface area (Å²) in [5, 5.41) is 4.39. The highest BCUT2D eigenvalue weighted by atomic mass is 32.1. The SMILES string of the molecule is SCCCCCOc1c2c(c(OCCCCCS)c3c1COc1cc4ccccc4cc1OC3)COc1cc3ccccc3cc1OC2. The van der Waals surface area contributed by atoms with Crippen LogP contribution in [0.4, 0.5) is 0 Å². The Kier molecular flexibility index (Phi) is 10.6. The standard InChI is InChI=1S/C40H42O6S2/c47-17-9-1-7-15-41-39-31-23-43-35-19-27-11-3-5-13-29(27)21-37(35)45-25-33(31)40(42-16-8-2-10-18-48)34-26-46-38-22-30-14-6-4-12-28(30)20-36(38)44-24-32(34)39/h3-6,11-14,19-22,47-48H,1-2,7-10,15-18,23-26H2. The first-order chi connectivity index (χ1) is 23.7. The molecule has 0 spiro atoms. The van der Waals surface area contributed by atoms with E-state index in [9.17, 15) is 0 Å². The number of rotatable bonds is 12. The lowest BCUT2D eigenvalue weighted by Gasteiger charge is -2.30. The molecule has 2 aliphatic heterocycles. The van der Waals surface area contributed by atoms with Crippen LogP contribution in [0, 0.1) is 0 Å². The molecule has 0 aliphatic carbocycles. The quantitative estimate of drug-likeness (QED) is 0.101. The zero-order valence-electron chi connectivity index (χ0n) is 27.2. The molecule has 250 valence electrons. The molecule has 0 aromatic heterocycles. The summed E-state index contributed by atoms with van der Waals surface area (Å²) < 4.78 is 39.7. The molecule has 5 aromatic carbocycles. The largest absolute Gasteiger partial charge is 0.493 e. The van der Waals surface area contributed by atoms with Crippen LogP contribution >= 0.6 is 25.3 Å². The Balaban J connectivity index is 1.31. The van der Waals surface area contributed by atoms with Crippen LogP contribution < -0.4 is 28.4 Å². The van der Waals surface area contributed by atoms with E-state index in [4.69, 9.17) is 28.4 Å². The molecule has 0 saturated carbocycles. The van der Waals surface area contributed by atoms with Gasteiger partial charge >= 0.3 is 0 Å². The van der Waals surface area contributed by atoms with Gasteiger partial charge in [-0.15, -0.1) is 0 Å². The first-order valence-corrected chi connectivity index (χ1v) is 18.2. The van der Waals surface area contributed by atoms with Crippen molar-refractivity contribution < 1.29 is 28.4 Å². The van der Waals surface area contributed by atoms with Gasteiger partial charge in [0.1, 0.15) is 37.9 Å². The minimum atomic E-state index is 0.307. The van der Waals surface area contributed by atoms with Crippen LogP contribution in [0.1, 0.15) is 60.8 Å². The first kappa shape index (κ1) is 32.7. The zero-order chi connectivity index (χ0) is 32.7. The lowest BCUT2D eigenvalue weighted by Crippen LogP contribution is -2.20. The van der Waals surface area contributed by atoms with Crippen LogP contribution in [-0.2, 0) is 26.4 Å². The molecule has 48 heavy (non-hydrogen) atoms. The Hall–Kier alpha value is -3.88.